The number of aryl methyl sites for hydroxylation is 1. The summed E-state index contributed by atoms with van der Waals surface area (Å²) < 4.78 is 0. The fraction of sp³-hybridized carbons (Fsp3) is 0.333. The third-order valence-corrected chi connectivity index (χ3v) is 1.36. The molecule has 0 unspecified atom stereocenters. The van der Waals surface area contributed by atoms with Gasteiger partial charge in [0.15, 0.2) is 5.03 Å². The summed E-state index contributed by atoms with van der Waals surface area (Å²) >= 11 is 0. The van der Waals surface area contributed by atoms with Gasteiger partial charge >= 0.3 is 0 Å². The Labute approximate surface area is 69.0 Å². The molecule has 0 saturated heterocycles. The van der Waals surface area contributed by atoms with Gasteiger partial charge in [-0.3, -0.25) is 0 Å². The largest absolute Gasteiger partial charge is 0.234 e. The second-order valence-electron chi connectivity index (χ2n) is 2.29. The Morgan fingerprint density at radius 1 is 1.50 bits per heavy atom. The summed E-state index contributed by atoms with van der Waals surface area (Å²) in [5.41, 5.74) is 0.732. The van der Waals surface area contributed by atoms with Crippen molar-refractivity contribution in [2.45, 2.75) is 6.92 Å². The third kappa shape index (κ3) is 1.66. The van der Waals surface area contributed by atoms with Crippen LogP contribution in [0.1, 0.15) is 5.69 Å². The zero-order valence-electron chi connectivity index (χ0n) is 6.76. The van der Waals surface area contributed by atoms with Crippen LogP contribution in [0.3, 0.4) is 0 Å². The lowest BCUT2D eigenvalue weighted by molar-refractivity contribution is -0.491. The fourth-order valence-corrected chi connectivity index (χ4v) is 0.648. The minimum atomic E-state index is -0.556. The molecule has 1 aromatic heterocycles. The van der Waals surface area contributed by atoms with Crippen LogP contribution in [0.25, 0.3) is 0 Å². The average Bonchev–Trinajstić information content (AvgIpc) is 2.04. The molecule has 0 N–H and O–H groups in total. The van der Waals surface area contributed by atoms with Gasteiger partial charge in [-0.05, 0) is 19.1 Å². The molecule has 0 aliphatic carbocycles. The Kier molecular flexibility index (Phi) is 2.18. The van der Waals surface area contributed by atoms with Crippen molar-refractivity contribution in [1.29, 1.82) is 0 Å². The number of aromatic nitrogens is 2. The van der Waals surface area contributed by atoms with Gasteiger partial charge in [0.25, 0.3) is 0 Å². The summed E-state index contributed by atoms with van der Waals surface area (Å²) in [7, 11) is 1.32. The molecule has 6 nitrogen and oxygen atoms in total. The van der Waals surface area contributed by atoms with Gasteiger partial charge < -0.3 is 0 Å². The van der Waals surface area contributed by atoms with Gasteiger partial charge in [-0.25, -0.2) is 10.1 Å². The van der Waals surface area contributed by atoms with Crippen molar-refractivity contribution >= 4 is 5.82 Å². The summed E-state index contributed by atoms with van der Waals surface area (Å²) in [6.45, 7) is 1.77. The van der Waals surface area contributed by atoms with Crippen molar-refractivity contribution in [2.75, 3.05) is 12.1 Å². The van der Waals surface area contributed by atoms with Gasteiger partial charge in [-0.2, -0.15) is 5.10 Å². The van der Waals surface area contributed by atoms with Gasteiger partial charge in [0.1, 0.15) is 0 Å². The smallest absolute Gasteiger partial charge is 0.214 e. The van der Waals surface area contributed by atoms with E-state index in [9.17, 15) is 10.1 Å². The van der Waals surface area contributed by atoms with Crippen molar-refractivity contribution in [3.8, 4) is 0 Å². The van der Waals surface area contributed by atoms with Crippen LogP contribution in [-0.2, 0) is 0 Å². The van der Waals surface area contributed by atoms with Crippen molar-refractivity contribution in [3.05, 3.63) is 27.9 Å². The molecule has 0 atom stereocenters. The molecule has 64 valence electrons. The lowest BCUT2D eigenvalue weighted by atomic mass is 10.4. The number of anilines is 1. The first-order valence-corrected chi connectivity index (χ1v) is 3.29. The van der Waals surface area contributed by atoms with Crippen LogP contribution < -0.4 is 5.01 Å². The van der Waals surface area contributed by atoms with Crippen LogP contribution >= 0.6 is 0 Å². The molecule has 0 amide bonds. The van der Waals surface area contributed by atoms with E-state index in [-0.39, 0.29) is 5.82 Å². The molecule has 0 bridgehead atoms. The lowest BCUT2D eigenvalue weighted by Crippen LogP contribution is -2.25. The highest BCUT2D eigenvalue weighted by Crippen LogP contribution is 2.05. The fourth-order valence-electron chi connectivity index (χ4n) is 0.648. The maximum Gasteiger partial charge on any atom is 0.214 e. The Morgan fingerprint density at radius 3 is 2.58 bits per heavy atom. The SMILES string of the molecule is Cc1ccc(N(C)[N+](=O)[O-])nn1. The van der Waals surface area contributed by atoms with Crippen LogP contribution in [0.2, 0.25) is 0 Å². The summed E-state index contributed by atoms with van der Waals surface area (Å²) in [4.78, 5) is 10.2. The van der Waals surface area contributed by atoms with Crippen LogP contribution in [0.5, 0.6) is 0 Å². The molecule has 1 rings (SSSR count). The molecule has 12 heavy (non-hydrogen) atoms. The molecule has 0 aliphatic rings. The second kappa shape index (κ2) is 3.12. The minimum Gasteiger partial charge on any atom is -0.234 e. The van der Waals surface area contributed by atoms with Crippen LogP contribution in [0, 0.1) is 17.0 Å². The van der Waals surface area contributed by atoms with E-state index in [4.69, 9.17) is 0 Å². The van der Waals surface area contributed by atoms with E-state index < -0.39 is 5.03 Å². The lowest BCUT2D eigenvalue weighted by Gasteiger charge is -2.04. The number of nitrogens with zero attached hydrogens (tertiary/aromatic N) is 4. The Balaban J connectivity index is 2.89. The number of hydrogen-bond donors (Lipinski definition) is 0. The van der Waals surface area contributed by atoms with E-state index in [0.29, 0.717) is 0 Å². The van der Waals surface area contributed by atoms with E-state index in [1.54, 1.807) is 19.1 Å². The average molecular weight is 168 g/mol. The van der Waals surface area contributed by atoms with Gasteiger partial charge in [0.2, 0.25) is 5.82 Å². The Hall–Kier alpha value is -1.72. The maximum atomic E-state index is 10.2. The summed E-state index contributed by atoms with van der Waals surface area (Å²) in [5, 5.41) is 17.8. The first kappa shape index (κ1) is 8.38. The van der Waals surface area contributed by atoms with E-state index in [0.717, 1.165) is 10.7 Å². The molecular weight excluding hydrogens is 160 g/mol. The van der Waals surface area contributed by atoms with Crippen molar-refractivity contribution in [1.82, 2.24) is 10.2 Å². The summed E-state index contributed by atoms with van der Waals surface area (Å²) in [5.74, 6) is 0.227. The quantitative estimate of drug-likeness (QED) is 0.472. The molecule has 0 fully saturated rings. The van der Waals surface area contributed by atoms with Crippen LogP contribution in [0.15, 0.2) is 12.1 Å². The number of hydrazine groups is 1. The molecule has 0 spiro atoms. The molecule has 6 heteroatoms. The van der Waals surface area contributed by atoms with Gasteiger partial charge in [0, 0.05) is 0 Å². The standard InChI is InChI=1S/C6H8N4O2/c1-5-3-4-6(8-7-5)9(2)10(11)12/h3-4H,1-2H3. The molecule has 0 radical (unpaired) electrons. The zero-order chi connectivity index (χ0) is 9.14. The molecule has 0 aromatic carbocycles. The number of hydrogen-bond acceptors (Lipinski definition) is 4. The third-order valence-electron chi connectivity index (χ3n) is 1.36. The van der Waals surface area contributed by atoms with E-state index >= 15 is 0 Å². The van der Waals surface area contributed by atoms with E-state index in [2.05, 4.69) is 10.2 Å². The van der Waals surface area contributed by atoms with E-state index in [1.165, 1.54) is 7.05 Å². The highest BCUT2D eigenvalue weighted by atomic mass is 16.7. The molecule has 0 aliphatic heterocycles. The second-order valence-corrected chi connectivity index (χ2v) is 2.29. The van der Waals surface area contributed by atoms with Gasteiger partial charge in [-0.15, -0.1) is 5.10 Å². The van der Waals surface area contributed by atoms with E-state index in [1.807, 2.05) is 0 Å². The molecular formula is C6H8N4O2. The van der Waals surface area contributed by atoms with Crippen molar-refractivity contribution in [2.24, 2.45) is 0 Å². The van der Waals surface area contributed by atoms with Crippen LogP contribution in [0.4, 0.5) is 5.82 Å². The minimum absolute atomic E-state index is 0.227. The Bertz CT molecular complexity index is 284. The Morgan fingerprint density at radius 2 is 2.17 bits per heavy atom. The maximum absolute atomic E-state index is 10.2. The molecule has 1 heterocycles. The zero-order valence-corrected chi connectivity index (χ0v) is 6.76. The first-order valence-electron chi connectivity index (χ1n) is 3.29. The van der Waals surface area contributed by atoms with Crippen molar-refractivity contribution < 1.29 is 5.03 Å². The van der Waals surface area contributed by atoms with Crippen molar-refractivity contribution in [3.63, 3.8) is 0 Å². The predicted octanol–water partition coefficient (Wildman–Crippen LogP) is 0.413. The van der Waals surface area contributed by atoms with Gasteiger partial charge in [-0.1, -0.05) is 5.01 Å². The summed E-state index contributed by atoms with van der Waals surface area (Å²) in [6.07, 6.45) is 0. The monoisotopic (exact) mass is 168 g/mol. The topological polar surface area (TPSA) is 72.2 Å². The normalized spacial score (nSPS) is 9.50. The first-order chi connectivity index (χ1) is 5.61. The highest BCUT2D eigenvalue weighted by molar-refractivity contribution is 5.31. The van der Waals surface area contributed by atoms with Gasteiger partial charge in [0.05, 0.1) is 12.7 Å². The molecule has 0 saturated carbocycles. The highest BCUT2D eigenvalue weighted by Gasteiger charge is 2.11. The molecule has 1 aromatic rings. The predicted molar refractivity (Wildman–Crippen MR) is 42.2 cm³/mol. The number of nitro groups is 1. The number of rotatable bonds is 2. The van der Waals surface area contributed by atoms with Crippen LogP contribution in [-0.4, -0.2) is 22.3 Å². The summed E-state index contributed by atoms with van der Waals surface area (Å²) in [6, 6.07) is 3.22.